The number of nitrogens with zero attached hydrogens (tertiary/aromatic N) is 1. The summed E-state index contributed by atoms with van der Waals surface area (Å²) in [7, 11) is 0. The monoisotopic (exact) mass is 262 g/mol. The molecule has 5 heteroatoms. The molecule has 1 aliphatic rings. The maximum absolute atomic E-state index is 12.0. The second kappa shape index (κ2) is 5.30. The Hall–Kier alpha value is -2.04. The summed E-state index contributed by atoms with van der Waals surface area (Å²) in [6.07, 6.45) is 2.01. The summed E-state index contributed by atoms with van der Waals surface area (Å²) in [4.78, 5) is 25.0. The standard InChI is InChI=1S/C14H18N2O3/c1-9-7-10(2)12(11(8-9)13(17)18)15-14(19)16-5-3-4-6-16/h7-8H,3-6H2,1-2H3,(H,15,19)(H,17,18). The molecule has 1 aromatic carbocycles. The van der Waals surface area contributed by atoms with Crippen LogP contribution < -0.4 is 5.32 Å². The third-order valence-corrected chi connectivity index (χ3v) is 3.34. The number of carbonyl (C=O) groups excluding carboxylic acids is 1. The molecular weight excluding hydrogens is 244 g/mol. The van der Waals surface area contributed by atoms with Crippen LogP contribution in [0.15, 0.2) is 12.1 Å². The van der Waals surface area contributed by atoms with Gasteiger partial charge in [0, 0.05) is 13.1 Å². The van der Waals surface area contributed by atoms with E-state index in [1.807, 2.05) is 13.0 Å². The van der Waals surface area contributed by atoms with Gasteiger partial charge in [0.05, 0.1) is 11.3 Å². The molecule has 2 amide bonds. The molecule has 1 saturated heterocycles. The number of hydrogen-bond donors (Lipinski definition) is 2. The highest BCUT2D eigenvalue weighted by atomic mass is 16.4. The van der Waals surface area contributed by atoms with Crippen molar-refractivity contribution in [1.82, 2.24) is 4.90 Å². The number of carboxylic acids is 1. The molecule has 0 atom stereocenters. The van der Waals surface area contributed by atoms with Gasteiger partial charge in [-0.3, -0.25) is 0 Å². The summed E-state index contributed by atoms with van der Waals surface area (Å²) < 4.78 is 0. The molecule has 0 saturated carbocycles. The quantitative estimate of drug-likeness (QED) is 0.860. The van der Waals surface area contributed by atoms with Crippen LogP contribution in [0.3, 0.4) is 0 Å². The fourth-order valence-electron chi connectivity index (χ4n) is 2.41. The first-order chi connectivity index (χ1) is 8.99. The number of carbonyl (C=O) groups is 2. The van der Waals surface area contributed by atoms with Gasteiger partial charge >= 0.3 is 12.0 Å². The molecule has 5 nitrogen and oxygen atoms in total. The minimum Gasteiger partial charge on any atom is -0.478 e. The normalized spacial score (nSPS) is 14.5. The van der Waals surface area contributed by atoms with Crippen molar-refractivity contribution in [2.45, 2.75) is 26.7 Å². The zero-order valence-electron chi connectivity index (χ0n) is 11.2. The number of hydrogen-bond acceptors (Lipinski definition) is 2. The highest BCUT2D eigenvalue weighted by molar-refractivity contribution is 6.01. The Morgan fingerprint density at radius 3 is 2.42 bits per heavy atom. The Labute approximate surface area is 112 Å². The summed E-state index contributed by atoms with van der Waals surface area (Å²) in [5.41, 5.74) is 2.18. The SMILES string of the molecule is Cc1cc(C)c(NC(=O)N2CCCC2)c(C(=O)O)c1. The maximum Gasteiger partial charge on any atom is 0.337 e. The number of likely N-dealkylation sites (tertiary alicyclic amines) is 1. The van der Waals surface area contributed by atoms with Gasteiger partial charge in [0.25, 0.3) is 0 Å². The van der Waals surface area contributed by atoms with Crippen LogP contribution in [0.1, 0.15) is 34.3 Å². The summed E-state index contributed by atoms with van der Waals surface area (Å²) in [6, 6.07) is 3.23. The number of rotatable bonds is 2. The van der Waals surface area contributed by atoms with Crippen LogP contribution in [0.25, 0.3) is 0 Å². The van der Waals surface area contributed by atoms with E-state index in [2.05, 4.69) is 5.32 Å². The number of carboxylic acid groups (broad SMARTS) is 1. The number of amides is 2. The number of aryl methyl sites for hydroxylation is 2. The summed E-state index contributed by atoms with van der Waals surface area (Å²) >= 11 is 0. The molecule has 1 heterocycles. The molecule has 0 bridgehead atoms. The lowest BCUT2D eigenvalue weighted by atomic mass is 10.0. The van der Waals surface area contributed by atoms with Crippen LogP contribution in [0, 0.1) is 13.8 Å². The first kappa shape index (κ1) is 13.4. The van der Waals surface area contributed by atoms with E-state index in [0.29, 0.717) is 5.69 Å². The van der Waals surface area contributed by atoms with Crippen LogP contribution >= 0.6 is 0 Å². The molecule has 0 radical (unpaired) electrons. The van der Waals surface area contributed by atoms with Crippen molar-refractivity contribution in [3.05, 3.63) is 28.8 Å². The summed E-state index contributed by atoms with van der Waals surface area (Å²) in [6.45, 7) is 5.11. The molecule has 1 fully saturated rings. The second-order valence-electron chi connectivity index (χ2n) is 4.93. The average molecular weight is 262 g/mol. The van der Waals surface area contributed by atoms with E-state index in [1.54, 1.807) is 17.9 Å². The third-order valence-electron chi connectivity index (χ3n) is 3.34. The van der Waals surface area contributed by atoms with Gasteiger partial charge in [-0.15, -0.1) is 0 Å². The molecule has 19 heavy (non-hydrogen) atoms. The van der Waals surface area contributed by atoms with Crippen molar-refractivity contribution < 1.29 is 14.7 Å². The number of urea groups is 1. The van der Waals surface area contributed by atoms with Crippen molar-refractivity contribution in [1.29, 1.82) is 0 Å². The number of benzene rings is 1. The summed E-state index contributed by atoms with van der Waals surface area (Å²) in [5, 5.41) is 12.0. The van der Waals surface area contributed by atoms with E-state index < -0.39 is 5.97 Å². The molecule has 0 spiro atoms. The van der Waals surface area contributed by atoms with Crippen LogP contribution in [0.4, 0.5) is 10.5 Å². The van der Waals surface area contributed by atoms with Gasteiger partial charge in [0.1, 0.15) is 0 Å². The number of anilines is 1. The zero-order chi connectivity index (χ0) is 14.0. The highest BCUT2D eigenvalue weighted by Crippen LogP contribution is 2.24. The first-order valence-corrected chi connectivity index (χ1v) is 6.39. The van der Waals surface area contributed by atoms with E-state index >= 15 is 0 Å². The van der Waals surface area contributed by atoms with Crippen LogP contribution in [-0.4, -0.2) is 35.1 Å². The van der Waals surface area contributed by atoms with Crippen LogP contribution in [0.2, 0.25) is 0 Å². The lowest BCUT2D eigenvalue weighted by Gasteiger charge is -2.19. The predicted octanol–water partition coefficient (Wildman–Crippen LogP) is 2.63. The van der Waals surface area contributed by atoms with Gasteiger partial charge in [-0.2, -0.15) is 0 Å². The predicted molar refractivity (Wildman–Crippen MR) is 72.7 cm³/mol. The van der Waals surface area contributed by atoms with Crippen molar-refractivity contribution in [2.75, 3.05) is 18.4 Å². The van der Waals surface area contributed by atoms with Crippen molar-refractivity contribution in [2.24, 2.45) is 0 Å². The Balaban J connectivity index is 2.28. The van der Waals surface area contributed by atoms with E-state index in [-0.39, 0.29) is 11.6 Å². The Morgan fingerprint density at radius 2 is 1.84 bits per heavy atom. The molecule has 1 aromatic rings. The van der Waals surface area contributed by atoms with Gasteiger partial charge < -0.3 is 15.3 Å². The fraction of sp³-hybridized carbons (Fsp3) is 0.429. The largest absolute Gasteiger partial charge is 0.478 e. The van der Waals surface area contributed by atoms with Gasteiger partial charge in [0.15, 0.2) is 0 Å². The Morgan fingerprint density at radius 1 is 1.21 bits per heavy atom. The maximum atomic E-state index is 12.0. The first-order valence-electron chi connectivity index (χ1n) is 6.39. The topological polar surface area (TPSA) is 69.6 Å². The van der Waals surface area contributed by atoms with Crippen molar-refractivity contribution in [3.8, 4) is 0 Å². The summed E-state index contributed by atoms with van der Waals surface area (Å²) in [5.74, 6) is -1.02. The van der Waals surface area contributed by atoms with Crippen LogP contribution in [-0.2, 0) is 0 Å². The van der Waals surface area contributed by atoms with E-state index in [4.69, 9.17) is 0 Å². The molecule has 0 aromatic heterocycles. The van der Waals surface area contributed by atoms with Gasteiger partial charge in [-0.25, -0.2) is 9.59 Å². The fourth-order valence-corrected chi connectivity index (χ4v) is 2.41. The second-order valence-corrected chi connectivity index (χ2v) is 4.93. The smallest absolute Gasteiger partial charge is 0.337 e. The Bertz CT molecular complexity index is 520. The van der Waals surface area contributed by atoms with Gasteiger partial charge in [-0.1, -0.05) is 6.07 Å². The number of aromatic carboxylic acids is 1. The molecule has 0 unspecified atom stereocenters. The van der Waals surface area contributed by atoms with Gasteiger partial charge in [0.2, 0.25) is 0 Å². The van der Waals surface area contributed by atoms with Crippen LogP contribution in [0.5, 0.6) is 0 Å². The Kier molecular flexibility index (Phi) is 3.74. The van der Waals surface area contributed by atoms with Crippen molar-refractivity contribution in [3.63, 3.8) is 0 Å². The van der Waals surface area contributed by atoms with E-state index in [1.165, 1.54) is 0 Å². The minimum atomic E-state index is -1.02. The molecule has 102 valence electrons. The number of nitrogens with one attached hydrogen (secondary N) is 1. The molecule has 0 aliphatic carbocycles. The van der Waals surface area contributed by atoms with E-state index in [9.17, 15) is 14.7 Å². The zero-order valence-corrected chi connectivity index (χ0v) is 11.2. The molecule has 2 N–H and O–H groups in total. The third kappa shape index (κ3) is 2.86. The average Bonchev–Trinajstić information content (AvgIpc) is 2.85. The minimum absolute atomic E-state index is 0.144. The molecule has 1 aliphatic heterocycles. The lowest BCUT2D eigenvalue weighted by molar-refractivity contribution is 0.0698. The molecule has 2 rings (SSSR count). The highest BCUT2D eigenvalue weighted by Gasteiger charge is 2.21. The van der Waals surface area contributed by atoms with Gasteiger partial charge in [-0.05, 0) is 43.9 Å². The lowest BCUT2D eigenvalue weighted by Crippen LogP contribution is -2.33. The van der Waals surface area contributed by atoms with Crippen molar-refractivity contribution >= 4 is 17.7 Å². The molecular formula is C14H18N2O3. The van der Waals surface area contributed by atoms with E-state index in [0.717, 1.165) is 37.1 Å².